The van der Waals surface area contributed by atoms with Crippen molar-refractivity contribution in [3.05, 3.63) is 60.4 Å². The Morgan fingerprint density at radius 3 is 2.44 bits per heavy atom. The molecule has 2 aromatic rings. The molecule has 0 aliphatic rings. The molecule has 0 atom stereocenters. The average Bonchev–Trinajstić information content (AvgIpc) is 2.39. The number of phenolic OH excluding ortho intramolecular Hbond substituents is 1. The number of hydrogen-bond acceptors (Lipinski definition) is 3. The summed E-state index contributed by atoms with van der Waals surface area (Å²) in [5.41, 5.74) is 1.05. The van der Waals surface area contributed by atoms with Crippen LogP contribution in [0.25, 0.3) is 6.08 Å². The maximum absolute atomic E-state index is 9.46. The Morgan fingerprint density at radius 2 is 1.72 bits per heavy atom. The Kier molecular flexibility index (Phi) is 3.86. The summed E-state index contributed by atoms with van der Waals surface area (Å²) in [5.74, 6) is 1.19. The van der Waals surface area contributed by atoms with Crippen LogP contribution in [-0.4, -0.2) is 12.2 Å². The maximum Gasteiger partial charge on any atom is 0.133 e. The number of methoxy groups -OCH3 is 1. The van der Waals surface area contributed by atoms with Gasteiger partial charge in [-0.25, -0.2) is 0 Å². The van der Waals surface area contributed by atoms with Crippen molar-refractivity contribution in [3.63, 3.8) is 0 Å². The van der Waals surface area contributed by atoms with Gasteiger partial charge in [-0.15, -0.1) is 0 Å². The van der Waals surface area contributed by atoms with Crippen molar-refractivity contribution < 1.29 is 14.6 Å². The monoisotopic (exact) mass is 242 g/mol. The number of rotatable bonds is 4. The van der Waals surface area contributed by atoms with Gasteiger partial charge in [-0.2, -0.15) is 0 Å². The van der Waals surface area contributed by atoms with Crippen LogP contribution in [0.4, 0.5) is 0 Å². The van der Waals surface area contributed by atoms with E-state index in [1.807, 2.05) is 36.4 Å². The lowest BCUT2D eigenvalue weighted by atomic mass is 10.2. The van der Waals surface area contributed by atoms with Gasteiger partial charge < -0.3 is 14.6 Å². The molecule has 3 nitrogen and oxygen atoms in total. The van der Waals surface area contributed by atoms with Gasteiger partial charge in [-0.05, 0) is 11.6 Å². The average molecular weight is 242 g/mol. The van der Waals surface area contributed by atoms with E-state index in [0.717, 1.165) is 5.56 Å². The van der Waals surface area contributed by atoms with Gasteiger partial charge in [0.15, 0.2) is 0 Å². The predicted molar refractivity (Wildman–Crippen MR) is 70.8 cm³/mol. The summed E-state index contributed by atoms with van der Waals surface area (Å²) < 4.78 is 10.4. The summed E-state index contributed by atoms with van der Waals surface area (Å²) >= 11 is 0. The number of hydrogen-bond donors (Lipinski definition) is 1. The largest absolute Gasteiger partial charge is 0.508 e. The molecule has 0 bridgehead atoms. The quantitative estimate of drug-likeness (QED) is 0.834. The van der Waals surface area contributed by atoms with E-state index < -0.39 is 0 Å². The Bertz CT molecular complexity index is 533. The van der Waals surface area contributed by atoms with Crippen LogP contribution in [0.5, 0.6) is 17.2 Å². The van der Waals surface area contributed by atoms with Gasteiger partial charge in [0, 0.05) is 18.2 Å². The van der Waals surface area contributed by atoms with Gasteiger partial charge in [0.25, 0.3) is 0 Å². The van der Waals surface area contributed by atoms with E-state index in [1.165, 1.54) is 12.1 Å². The molecule has 18 heavy (non-hydrogen) atoms. The number of aromatic hydroxyl groups is 1. The molecule has 2 aromatic carbocycles. The van der Waals surface area contributed by atoms with E-state index >= 15 is 0 Å². The molecule has 0 radical (unpaired) electrons. The summed E-state index contributed by atoms with van der Waals surface area (Å²) in [4.78, 5) is 0. The van der Waals surface area contributed by atoms with Gasteiger partial charge in [0.2, 0.25) is 0 Å². The minimum absolute atomic E-state index is 0.109. The van der Waals surface area contributed by atoms with E-state index in [2.05, 4.69) is 0 Å². The SMILES string of the molecule is COc1cc(O)cc(OC=Cc2ccccc2)c1. The molecule has 0 amide bonds. The first-order valence-electron chi connectivity index (χ1n) is 5.54. The second kappa shape index (κ2) is 5.77. The molecule has 3 heteroatoms. The molecular weight excluding hydrogens is 228 g/mol. The summed E-state index contributed by atoms with van der Waals surface area (Å²) in [7, 11) is 1.54. The van der Waals surface area contributed by atoms with E-state index in [4.69, 9.17) is 9.47 Å². The molecule has 0 saturated carbocycles. The molecule has 0 heterocycles. The van der Waals surface area contributed by atoms with Crippen LogP contribution in [0.3, 0.4) is 0 Å². The lowest BCUT2D eigenvalue weighted by Crippen LogP contribution is -1.86. The number of phenols is 1. The highest BCUT2D eigenvalue weighted by molar-refractivity contribution is 5.48. The first-order chi connectivity index (χ1) is 8.78. The van der Waals surface area contributed by atoms with Crippen molar-refractivity contribution in [2.45, 2.75) is 0 Å². The van der Waals surface area contributed by atoms with Crippen LogP contribution in [-0.2, 0) is 0 Å². The standard InChI is InChI=1S/C15H14O3/c1-17-14-9-13(16)10-15(11-14)18-8-7-12-5-3-2-4-6-12/h2-11,16H,1H3. The zero-order chi connectivity index (χ0) is 12.8. The third-order valence-electron chi connectivity index (χ3n) is 2.36. The van der Waals surface area contributed by atoms with Crippen LogP contribution in [0, 0.1) is 0 Å². The molecule has 0 aromatic heterocycles. The molecular formula is C15H14O3. The van der Waals surface area contributed by atoms with E-state index in [9.17, 15) is 5.11 Å². The first kappa shape index (κ1) is 12.0. The second-order valence-corrected chi connectivity index (χ2v) is 3.70. The van der Waals surface area contributed by atoms with E-state index in [-0.39, 0.29) is 5.75 Å². The molecule has 0 aliphatic heterocycles. The fourth-order valence-corrected chi connectivity index (χ4v) is 1.50. The molecule has 2 rings (SSSR count). The highest BCUT2D eigenvalue weighted by Crippen LogP contribution is 2.26. The van der Waals surface area contributed by atoms with Gasteiger partial charge >= 0.3 is 0 Å². The van der Waals surface area contributed by atoms with Crippen LogP contribution in [0.2, 0.25) is 0 Å². The summed E-state index contributed by atoms with van der Waals surface area (Å²) in [5, 5.41) is 9.46. The number of benzene rings is 2. The Labute approximate surface area is 106 Å². The van der Waals surface area contributed by atoms with Crippen LogP contribution in [0.15, 0.2) is 54.8 Å². The van der Waals surface area contributed by atoms with Crippen molar-refractivity contribution in [2.75, 3.05) is 7.11 Å². The van der Waals surface area contributed by atoms with Crippen LogP contribution < -0.4 is 9.47 Å². The first-order valence-corrected chi connectivity index (χ1v) is 5.54. The Balaban J connectivity index is 2.06. The summed E-state index contributed by atoms with van der Waals surface area (Å²) in [6.07, 6.45) is 3.42. The third kappa shape index (κ3) is 3.28. The topological polar surface area (TPSA) is 38.7 Å². The fourth-order valence-electron chi connectivity index (χ4n) is 1.50. The number of ether oxygens (including phenoxy) is 2. The second-order valence-electron chi connectivity index (χ2n) is 3.70. The van der Waals surface area contributed by atoms with Crippen LogP contribution >= 0.6 is 0 Å². The predicted octanol–water partition coefficient (Wildman–Crippen LogP) is 3.45. The fraction of sp³-hybridized carbons (Fsp3) is 0.0667. The normalized spacial score (nSPS) is 10.5. The van der Waals surface area contributed by atoms with Gasteiger partial charge in [0.05, 0.1) is 13.4 Å². The summed E-state index contributed by atoms with van der Waals surface area (Å²) in [6.45, 7) is 0. The smallest absolute Gasteiger partial charge is 0.133 e. The molecule has 1 N–H and O–H groups in total. The zero-order valence-corrected chi connectivity index (χ0v) is 10.0. The van der Waals surface area contributed by atoms with Crippen molar-refractivity contribution in [1.29, 1.82) is 0 Å². The van der Waals surface area contributed by atoms with E-state index in [0.29, 0.717) is 11.5 Å². The van der Waals surface area contributed by atoms with Crippen molar-refractivity contribution in [1.82, 2.24) is 0 Å². The highest BCUT2D eigenvalue weighted by atomic mass is 16.5. The lowest BCUT2D eigenvalue weighted by Gasteiger charge is -2.04. The molecule has 92 valence electrons. The third-order valence-corrected chi connectivity index (χ3v) is 2.36. The molecule has 0 saturated heterocycles. The van der Waals surface area contributed by atoms with Gasteiger partial charge in [-0.1, -0.05) is 30.3 Å². The lowest BCUT2D eigenvalue weighted by molar-refractivity contribution is 0.400. The van der Waals surface area contributed by atoms with Crippen molar-refractivity contribution in [3.8, 4) is 17.2 Å². The van der Waals surface area contributed by atoms with E-state index in [1.54, 1.807) is 19.4 Å². The Hall–Kier alpha value is -2.42. The minimum Gasteiger partial charge on any atom is -0.508 e. The molecule has 0 spiro atoms. The summed E-state index contributed by atoms with van der Waals surface area (Å²) in [6, 6.07) is 14.6. The van der Waals surface area contributed by atoms with Crippen molar-refractivity contribution in [2.24, 2.45) is 0 Å². The zero-order valence-electron chi connectivity index (χ0n) is 10.0. The van der Waals surface area contributed by atoms with Crippen LogP contribution in [0.1, 0.15) is 5.56 Å². The van der Waals surface area contributed by atoms with Gasteiger partial charge in [0.1, 0.15) is 17.2 Å². The van der Waals surface area contributed by atoms with Gasteiger partial charge in [-0.3, -0.25) is 0 Å². The molecule has 0 unspecified atom stereocenters. The van der Waals surface area contributed by atoms with Crippen molar-refractivity contribution >= 4 is 6.08 Å². The minimum atomic E-state index is 0.109. The molecule has 0 fully saturated rings. The molecule has 0 aliphatic carbocycles. The highest BCUT2D eigenvalue weighted by Gasteiger charge is 1.99. The maximum atomic E-state index is 9.46. The Morgan fingerprint density at radius 1 is 1.00 bits per heavy atom.